The zero-order valence-electron chi connectivity index (χ0n) is 13.1. The molecule has 0 radical (unpaired) electrons. The Morgan fingerprint density at radius 3 is 2.73 bits per heavy atom. The van der Waals surface area contributed by atoms with E-state index in [1.807, 2.05) is 6.07 Å². The van der Waals surface area contributed by atoms with Crippen LogP contribution in [0.15, 0.2) is 16.5 Å². The number of piperazine rings is 1. The zero-order chi connectivity index (χ0) is 15.4. The van der Waals surface area contributed by atoms with Crippen LogP contribution in [0.3, 0.4) is 0 Å². The monoisotopic (exact) mass is 308 g/mol. The topological polar surface area (TPSA) is 55.2 Å². The molecular formula is C16H24N2O4. The first-order valence-corrected chi connectivity index (χ1v) is 7.98. The standard InChI is InChI=1S/C16H24N2O4/c1-20-16(19)15-5-4-14(22-15)12-18-8-6-17(7-9-18)11-13-3-2-10-21-13/h4-5,13H,2-3,6-12H2,1H3. The lowest BCUT2D eigenvalue weighted by atomic mass is 10.2. The molecule has 0 bridgehead atoms. The molecule has 2 fully saturated rings. The molecular weight excluding hydrogens is 284 g/mol. The van der Waals surface area contributed by atoms with Crippen LogP contribution in [0.5, 0.6) is 0 Å². The Morgan fingerprint density at radius 2 is 2.05 bits per heavy atom. The van der Waals surface area contributed by atoms with E-state index in [2.05, 4.69) is 14.5 Å². The number of methoxy groups -OCH3 is 1. The van der Waals surface area contributed by atoms with Crippen molar-refractivity contribution in [2.24, 2.45) is 0 Å². The summed E-state index contributed by atoms with van der Waals surface area (Å²) in [5.74, 6) is 0.662. The van der Waals surface area contributed by atoms with E-state index in [0.29, 0.717) is 6.10 Å². The fraction of sp³-hybridized carbons (Fsp3) is 0.688. The molecule has 2 saturated heterocycles. The van der Waals surface area contributed by atoms with E-state index in [4.69, 9.17) is 9.15 Å². The summed E-state index contributed by atoms with van der Waals surface area (Å²) >= 11 is 0. The van der Waals surface area contributed by atoms with Gasteiger partial charge in [-0.3, -0.25) is 9.80 Å². The van der Waals surface area contributed by atoms with Crippen molar-refractivity contribution in [2.45, 2.75) is 25.5 Å². The molecule has 1 atom stereocenters. The fourth-order valence-electron chi connectivity index (χ4n) is 3.10. The maximum Gasteiger partial charge on any atom is 0.373 e. The van der Waals surface area contributed by atoms with Gasteiger partial charge in [-0.25, -0.2) is 4.79 Å². The van der Waals surface area contributed by atoms with Gasteiger partial charge in [-0.05, 0) is 25.0 Å². The van der Waals surface area contributed by atoms with Crippen molar-refractivity contribution in [3.63, 3.8) is 0 Å². The van der Waals surface area contributed by atoms with Crippen LogP contribution < -0.4 is 0 Å². The average molecular weight is 308 g/mol. The quantitative estimate of drug-likeness (QED) is 0.766. The van der Waals surface area contributed by atoms with E-state index in [-0.39, 0.29) is 5.76 Å². The number of rotatable bonds is 5. The minimum atomic E-state index is -0.423. The molecule has 122 valence electrons. The van der Waals surface area contributed by atoms with E-state index in [1.54, 1.807) is 6.07 Å². The molecule has 1 aromatic rings. The summed E-state index contributed by atoms with van der Waals surface area (Å²) in [5, 5.41) is 0. The largest absolute Gasteiger partial charge is 0.463 e. The first kappa shape index (κ1) is 15.5. The second-order valence-corrected chi connectivity index (χ2v) is 5.97. The lowest BCUT2D eigenvalue weighted by Gasteiger charge is -2.35. The average Bonchev–Trinajstić information content (AvgIpc) is 3.20. The molecule has 6 nitrogen and oxygen atoms in total. The second kappa shape index (κ2) is 7.26. The Balaban J connectivity index is 1.43. The van der Waals surface area contributed by atoms with Crippen LogP contribution in [0.4, 0.5) is 0 Å². The smallest absolute Gasteiger partial charge is 0.373 e. The summed E-state index contributed by atoms with van der Waals surface area (Å²) in [7, 11) is 1.36. The Morgan fingerprint density at radius 1 is 1.27 bits per heavy atom. The van der Waals surface area contributed by atoms with Gasteiger partial charge in [-0.1, -0.05) is 0 Å². The summed E-state index contributed by atoms with van der Waals surface area (Å²) in [6.45, 7) is 6.87. The normalized spacial score (nSPS) is 23.8. The van der Waals surface area contributed by atoms with Crippen LogP contribution >= 0.6 is 0 Å². The van der Waals surface area contributed by atoms with E-state index in [0.717, 1.165) is 51.6 Å². The van der Waals surface area contributed by atoms with E-state index in [9.17, 15) is 4.79 Å². The molecule has 0 aliphatic carbocycles. The summed E-state index contributed by atoms with van der Waals surface area (Å²) in [4.78, 5) is 16.2. The number of carbonyl (C=O) groups is 1. The summed E-state index contributed by atoms with van der Waals surface area (Å²) in [6, 6.07) is 3.53. The van der Waals surface area contributed by atoms with Crippen molar-refractivity contribution < 1.29 is 18.7 Å². The molecule has 0 amide bonds. The third-order valence-electron chi connectivity index (χ3n) is 4.38. The summed E-state index contributed by atoms with van der Waals surface area (Å²) in [6.07, 6.45) is 2.83. The summed E-state index contributed by atoms with van der Waals surface area (Å²) < 4.78 is 15.9. The molecule has 6 heteroatoms. The zero-order valence-corrected chi connectivity index (χ0v) is 13.1. The predicted octanol–water partition coefficient (Wildman–Crippen LogP) is 1.36. The number of hydrogen-bond acceptors (Lipinski definition) is 6. The van der Waals surface area contributed by atoms with Crippen molar-refractivity contribution in [1.82, 2.24) is 9.80 Å². The van der Waals surface area contributed by atoms with Gasteiger partial charge < -0.3 is 13.9 Å². The molecule has 0 spiro atoms. The highest BCUT2D eigenvalue weighted by Crippen LogP contribution is 2.16. The minimum Gasteiger partial charge on any atom is -0.463 e. The SMILES string of the molecule is COC(=O)c1ccc(CN2CCN(CC3CCCO3)CC2)o1. The number of furan rings is 1. The maximum absolute atomic E-state index is 11.4. The first-order valence-electron chi connectivity index (χ1n) is 7.98. The van der Waals surface area contributed by atoms with Gasteiger partial charge >= 0.3 is 5.97 Å². The number of carbonyl (C=O) groups excluding carboxylic acids is 1. The van der Waals surface area contributed by atoms with Crippen molar-refractivity contribution >= 4 is 5.97 Å². The third kappa shape index (κ3) is 3.88. The molecule has 0 aromatic carbocycles. The first-order chi connectivity index (χ1) is 10.7. The molecule has 1 unspecified atom stereocenters. The molecule has 0 N–H and O–H groups in total. The van der Waals surface area contributed by atoms with Gasteiger partial charge in [-0.15, -0.1) is 0 Å². The Hall–Kier alpha value is -1.37. The van der Waals surface area contributed by atoms with Gasteiger partial charge in [0.05, 0.1) is 19.8 Å². The Kier molecular flexibility index (Phi) is 5.12. The molecule has 22 heavy (non-hydrogen) atoms. The Labute approximate surface area is 131 Å². The van der Waals surface area contributed by atoms with Crippen LogP contribution in [0.1, 0.15) is 29.2 Å². The number of esters is 1. The molecule has 2 aliphatic heterocycles. The Bertz CT molecular complexity index is 488. The molecule has 3 rings (SSSR count). The highest BCUT2D eigenvalue weighted by molar-refractivity contribution is 5.86. The summed E-state index contributed by atoms with van der Waals surface area (Å²) in [5.41, 5.74) is 0. The van der Waals surface area contributed by atoms with Crippen molar-refractivity contribution in [3.05, 3.63) is 23.7 Å². The van der Waals surface area contributed by atoms with Gasteiger partial charge in [0.2, 0.25) is 5.76 Å². The molecule has 1 aromatic heterocycles. The van der Waals surface area contributed by atoms with Crippen LogP contribution in [0.2, 0.25) is 0 Å². The van der Waals surface area contributed by atoms with E-state index in [1.165, 1.54) is 20.0 Å². The predicted molar refractivity (Wildman–Crippen MR) is 80.7 cm³/mol. The second-order valence-electron chi connectivity index (χ2n) is 5.97. The van der Waals surface area contributed by atoms with Gasteiger partial charge in [0.25, 0.3) is 0 Å². The van der Waals surface area contributed by atoms with Gasteiger partial charge in [0, 0.05) is 39.3 Å². The molecule has 2 aliphatic rings. The highest BCUT2D eigenvalue weighted by atomic mass is 16.5. The van der Waals surface area contributed by atoms with Crippen molar-refractivity contribution in [3.8, 4) is 0 Å². The lowest BCUT2D eigenvalue weighted by Crippen LogP contribution is -2.48. The highest BCUT2D eigenvalue weighted by Gasteiger charge is 2.23. The van der Waals surface area contributed by atoms with Crippen LogP contribution in [0.25, 0.3) is 0 Å². The van der Waals surface area contributed by atoms with E-state index < -0.39 is 5.97 Å². The third-order valence-corrected chi connectivity index (χ3v) is 4.38. The fourth-order valence-corrected chi connectivity index (χ4v) is 3.10. The molecule has 0 saturated carbocycles. The van der Waals surface area contributed by atoms with E-state index >= 15 is 0 Å². The number of hydrogen-bond donors (Lipinski definition) is 0. The van der Waals surface area contributed by atoms with Gasteiger partial charge in [0.15, 0.2) is 0 Å². The minimum absolute atomic E-state index is 0.273. The number of nitrogens with zero attached hydrogens (tertiary/aromatic N) is 2. The van der Waals surface area contributed by atoms with Crippen LogP contribution in [-0.2, 0) is 16.0 Å². The van der Waals surface area contributed by atoms with Crippen molar-refractivity contribution in [2.75, 3.05) is 46.4 Å². The van der Waals surface area contributed by atoms with Gasteiger partial charge in [0.1, 0.15) is 5.76 Å². The molecule has 3 heterocycles. The van der Waals surface area contributed by atoms with Crippen LogP contribution in [-0.4, -0.2) is 68.3 Å². The lowest BCUT2D eigenvalue weighted by molar-refractivity contribution is 0.0469. The number of ether oxygens (including phenoxy) is 2. The van der Waals surface area contributed by atoms with Crippen LogP contribution in [0, 0.1) is 0 Å². The maximum atomic E-state index is 11.4. The van der Waals surface area contributed by atoms with Crippen molar-refractivity contribution in [1.29, 1.82) is 0 Å². The van der Waals surface area contributed by atoms with Gasteiger partial charge in [-0.2, -0.15) is 0 Å².